The van der Waals surface area contributed by atoms with E-state index in [2.05, 4.69) is 9.97 Å². The molecular formula is C20H24N4O7S2. The average molecular weight is 497 g/mol. The van der Waals surface area contributed by atoms with Crippen LogP contribution in [0.15, 0.2) is 47.8 Å². The first-order valence-corrected chi connectivity index (χ1v) is 12.9. The Kier molecular flexibility index (Phi) is 7.05. The first-order chi connectivity index (χ1) is 15.5. The fraction of sp³-hybridized carbons (Fsp3) is 0.350. The highest BCUT2D eigenvalue weighted by molar-refractivity contribution is 7.90. The summed E-state index contributed by atoms with van der Waals surface area (Å²) in [5.41, 5.74) is 1.24. The number of aryl methyl sites for hydroxylation is 1. The highest BCUT2D eigenvalue weighted by atomic mass is 32.2. The molecular weight excluding hydrogens is 472 g/mol. The van der Waals surface area contributed by atoms with Crippen molar-refractivity contribution >= 4 is 43.5 Å². The molecule has 0 radical (unpaired) electrons. The largest absolute Gasteiger partial charge is 0.483 e. The zero-order chi connectivity index (χ0) is 24.4. The average Bonchev–Trinajstić information content (AvgIpc) is 3.15. The maximum Gasteiger partial charge on any atom is 0.290 e. The number of fused-ring (bicyclic) bond motifs is 1. The Labute approximate surface area is 191 Å². The van der Waals surface area contributed by atoms with E-state index < -0.39 is 20.1 Å². The summed E-state index contributed by atoms with van der Waals surface area (Å²) in [6.07, 6.45) is 3.99. The lowest BCUT2D eigenvalue weighted by molar-refractivity contribution is -0.122. The summed E-state index contributed by atoms with van der Waals surface area (Å²) in [6.45, 7) is 1.64. The summed E-state index contributed by atoms with van der Waals surface area (Å²) in [5.74, 6) is 0.228. The number of carboxylic acid groups (broad SMARTS) is 1. The Hall–Kier alpha value is -3.03. The van der Waals surface area contributed by atoms with E-state index in [0.29, 0.717) is 24.0 Å². The van der Waals surface area contributed by atoms with Crippen molar-refractivity contribution in [2.75, 3.05) is 17.7 Å². The molecule has 0 atom stereocenters. The Bertz CT molecular complexity index is 1350. The van der Waals surface area contributed by atoms with Crippen LogP contribution < -0.4 is 4.90 Å². The van der Waals surface area contributed by atoms with Crippen LogP contribution in [0.3, 0.4) is 0 Å². The number of anilines is 1. The first-order valence-electron chi connectivity index (χ1n) is 9.88. The molecule has 13 heteroatoms. The molecule has 1 aromatic carbocycles. The maximum absolute atomic E-state index is 13.1. The molecule has 1 aliphatic rings. The van der Waals surface area contributed by atoms with Gasteiger partial charge in [-0.2, -0.15) is 8.42 Å². The zero-order valence-corrected chi connectivity index (χ0v) is 19.6. The lowest BCUT2D eigenvalue weighted by atomic mass is 9.81. The van der Waals surface area contributed by atoms with E-state index in [1.807, 2.05) is 18.9 Å². The molecule has 33 heavy (non-hydrogen) atoms. The van der Waals surface area contributed by atoms with Gasteiger partial charge in [-0.05, 0) is 43.9 Å². The van der Waals surface area contributed by atoms with Gasteiger partial charge in [0, 0.05) is 19.3 Å². The van der Waals surface area contributed by atoms with Gasteiger partial charge in [-0.1, -0.05) is 17.7 Å². The topological polar surface area (TPSA) is 160 Å². The Morgan fingerprint density at radius 1 is 1.12 bits per heavy atom. The SMILES string of the molecule is Cc1ccc(S(=O)(=O)n2ccc3c(N(C)C4CC(CS(=O)(=O)O)C4)ncnc32)cc1.O=CO. The molecule has 0 spiro atoms. The zero-order valence-electron chi connectivity index (χ0n) is 17.9. The molecule has 1 saturated carbocycles. The molecule has 0 aliphatic heterocycles. The van der Waals surface area contributed by atoms with Crippen LogP contribution in [0.2, 0.25) is 0 Å². The van der Waals surface area contributed by atoms with Gasteiger partial charge in [0.05, 0.1) is 16.0 Å². The van der Waals surface area contributed by atoms with Gasteiger partial charge < -0.3 is 10.0 Å². The van der Waals surface area contributed by atoms with Gasteiger partial charge in [0.2, 0.25) is 0 Å². The van der Waals surface area contributed by atoms with Gasteiger partial charge in [0.15, 0.2) is 5.65 Å². The van der Waals surface area contributed by atoms with E-state index in [1.165, 1.54) is 12.5 Å². The predicted octanol–water partition coefficient (Wildman–Crippen LogP) is 1.78. The third-order valence-corrected chi connectivity index (χ3v) is 8.12. The van der Waals surface area contributed by atoms with E-state index in [9.17, 15) is 16.8 Å². The number of carbonyl (C=O) groups is 1. The number of benzene rings is 1. The van der Waals surface area contributed by atoms with Gasteiger partial charge in [-0.15, -0.1) is 0 Å². The molecule has 1 fully saturated rings. The molecule has 2 N–H and O–H groups in total. The normalized spacial score (nSPS) is 18.2. The molecule has 2 heterocycles. The van der Waals surface area contributed by atoms with Crippen molar-refractivity contribution in [2.45, 2.75) is 30.7 Å². The molecule has 4 rings (SSSR count). The minimum atomic E-state index is -3.99. The van der Waals surface area contributed by atoms with E-state index in [4.69, 9.17) is 14.5 Å². The molecule has 2 aromatic heterocycles. The van der Waals surface area contributed by atoms with Crippen molar-refractivity contribution in [1.82, 2.24) is 13.9 Å². The predicted molar refractivity (Wildman–Crippen MR) is 121 cm³/mol. The van der Waals surface area contributed by atoms with Crippen LogP contribution in [0.1, 0.15) is 18.4 Å². The standard InChI is InChI=1S/C19H22N4O5S2.CH2O2/c1-13-3-5-16(6-4-13)30(27,28)23-8-7-17-18(20-12-21-19(17)23)22(2)15-9-14(10-15)11-29(24,25)26;2-1-3/h3-8,12,14-15H,9-11H2,1-2H3,(H,24,25,26);1H,(H,2,3). The number of hydrogen-bond acceptors (Lipinski definition) is 8. The smallest absolute Gasteiger partial charge is 0.290 e. The highest BCUT2D eigenvalue weighted by Crippen LogP contribution is 2.36. The Morgan fingerprint density at radius 3 is 2.30 bits per heavy atom. The molecule has 178 valence electrons. The monoisotopic (exact) mass is 496 g/mol. The first kappa shape index (κ1) is 24.6. The van der Waals surface area contributed by atoms with E-state index >= 15 is 0 Å². The fourth-order valence-corrected chi connectivity index (χ4v) is 6.01. The quantitative estimate of drug-likeness (QED) is 0.380. The Balaban J connectivity index is 0.000000968. The second-order valence-electron chi connectivity index (χ2n) is 7.82. The molecule has 11 nitrogen and oxygen atoms in total. The van der Waals surface area contributed by atoms with Gasteiger partial charge in [0.25, 0.3) is 26.6 Å². The van der Waals surface area contributed by atoms with Crippen molar-refractivity contribution in [3.63, 3.8) is 0 Å². The van der Waals surface area contributed by atoms with Crippen LogP contribution in [0.25, 0.3) is 11.0 Å². The van der Waals surface area contributed by atoms with Gasteiger partial charge in [0.1, 0.15) is 12.1 Å². The molecule has 0 amide bonds. The van der Waals surface area contributed by atoms with Crippen LogP contribution in [0, 0.1) is 12.8 Å². The lowest BCUT2D eigenvalue weighted by Gasteiger charge is -2.41. The maximum atomic E-state index is 13.1. The number of nitrogens with zero attached hydrogens (tertiary/aromatic N) is 4. The van der Waals surface area contributed by atoms with Crippen molar-refractivity contribution in [2.24, 2.45) is 5.92 Å². The van der Waals surface area contributed by atoms with Crippen molar-refractivity contribution in [1.29, 1.82) is 0 Å². The van der Waals surface area contributed by atoms with Crippen molar-refractivity contribution < 1.29 is 31.3 Å². The van der Waals surface area contributed by atoms with Gasteiger partial charge in [-0.3, -0.25) is 9.35 Å². The third kappa shape index (κ3) is 5.31. The second-order valence-corrected chi connectivity index (χ2v) is 11.1. The van der Waals surface area contributed by atoms with Crippen molar-refractivity contribution in [3.05, 3.63) is 48.4 Å². The third-order valence-electron chi connectivity index (χ3n) is 5.54. The number of aromatic nitrogens is 3. The van der Waals surface area contributed by atoms with Crippen LogP contribution in [-0.2, 0) is 24.9 Å². The summed E-state index contributed by atoms with van der Waals surface area (Å²) in [5, 5.41) is 7.48. The molecule has 1 aliphatic carbocycles. The van der Waals surface area contributed by atoms with Crippen LogP contribution in [0.4, 0.5) is 5.82 Å². The van der Waals surface area contributed by atoms with Gasteiger partial charge >= 0.3 is 0 Å². The number of rotatable bonds is 6. The summed E-state index contributed by atoms with van der Waals surface area (Å²) >= 11 is 0. The summed E-state index contributed by atoms with van der Waals surface area (Å²) in [7, 11) is -5.96. The molecule has 0 bridgehead atoms. The highest BCUT2D eigenvalue weighted by Gasteiger charge is 2.36. The summed E-state index contributed by atoms with van der Waals surface area (Å²) < 4.78 is 58.4. The second kappa shape index (κ2) is 9.45. The van der Waals surface area contributed by atoms with E-state index in [-0.39, 0.29) is 34.7 Å². The van der Waals surface area contributed by atoms with Crippen molar-refractivity contribution in [3.8, 4) is 0 Å². The number of hydrogen-bond donors (Lipinski definition) is 2. The summed E-state index contributed by atoms with van der Waals surface area (Å²) in [6, 6.07) is 8.33. The fourth-order valence-electron chi connectivity index (χ4n) is 3.84. The molecule has 3 aromatic rings. The van der Waals surface area contributed by atoms with E-state index in [0.717, 1.165) is 9.54 Å². The minimum absolute atomic E-state index is 0.0481. The molecule has 0 unspecified atom stereocenters. The van der Waals surface area contributed by atoms with Crippen LogP contribution in [-0.4, -0.2) is 65.7 Å². The van der Waals surface area contributed by atoms with Crippen LogP contribution in [0.5, 0.6) is 0 Å². The van der Waals surface area contributed by atoms with E-state index in [1.54, 1.807) is 30.3 Å². The van der Waals surface area contributed by atoms with Crippen LogP contribution >= 0.6 is 0 Å². The Morgan fingerprint density at radius 2 is 1.73 bits per heavy atom. The minimum Gasteiger partial charge on any atom is -0.483 e. The van der Waals surface area contributed by atoms with Gasteiger partial charge in [-0.25, -0.2) is 22.4 Å². The lowest BCUT2D eigenvalue weighted by Crippen LogP contribution is -2.45. The summed E-state index contributed by atoms with van der Waals surface area (Å²) in [4.78, 5) is 19.0. The molecule has 0 saturated heterocycles.